The van der Waals surface area contributed by atoms with E-state index >= 15 is 0 Å². The van der Waals surface area contributed by atoms with Gasteiger partial charge in [0.15, 0.2) is 0 Å². The maximum Gasteiger partial charge on any atom is 0.144 e. The van der Waals surface area contributed by atoms with Crippen LogP contribution in [0.2, 0.25) is 0 Å². The van der Waals surface area contributed by atoms with E-state index in [-0.39, 0.29) is 11.5 Å². The highest BCUT2D eigenvalue weighted by Gasteiger charge is 2.30. The van der Waals surface area contributed by atoms with Gasteiger partial charge in [-0.3, -0.25) is 0 Å². The Kier molecular flexibility index (Phi) is 2.67. The highest BCUT2D eigenvalue weighted by Crippen LogP contribution is 2.35. The number of rotatable bonds is 0. The van der Waals surface area contributed by atoms with Gasteiger partial charge in [0, 0.05) is 9.89 Å². The zero-order valence-corrected chi connectivity index (χ0v) is 10.9. The molecule has 1 aromatic rings. The molecule has 1 aromatic carbocycles. The zero-order chi connectivity index (χ0) is 11.1. The molecule has 2 rings (SSSR count). The summed E-state index contributed by atoms with van der Waals surface area (Å²) in [6, 6.07) is 6.07. The molecule has 0 spiro atoms. The molecule has 0 bridgehead atoms. The van der Waals surface area contributed by atoms with Crippen LogP contribution in [0.25, 0.3) is 0 Å². The third-order valence-electron chi connectivity index (χ3n) is 2.66. The van der Waals surface area contributed by atoms with Gasteiger partial charge in [0.1, 0.15) is 11.9 Å². The van der Waals surface area contributed by atoms with E-state index in [2.05, 4.69) is 42.0 Å². The first-order valence-electron chi connectivity index (χ1n) is 5.17. The SMILES string of the molecule is CC(C)(C)C1CNc2ccc(Br)cc2O1. The standard InChI is InChI=1S/C12H16BrNO/c1-12(2,3)11-7-14-9-5-4-8(13)6-10(9)15-11/h4-6,11,14H,7H2,1-3H3. The number of hydrogen-bond donors (Lipinski definition) is 1. The molecule has 1 heterocycles. The molecule has 0 fully saturated rings. The maximum absolute atomic E-state index is 5.98. The summed E-state index contributed by atoms with van der Waals surface area (Å²) in [5, 5.41) is 3.40. The van der Waals surface area contributed by atoms with Crippen molar-refractivity contribution in [3.05, 3.63) is 22.7 Å². The number of benzene rings is 1. The van der Waals surface area contributed by atoms with E-state index in [1.807, 2.05) is 18.2 Å². The predicted octanol–water partition coefficient (Wildman–Crippen LogP) is 3.67. The molecular formula is C12H16BrNO. The van der Waals surface area contributed by atoms with Crippen LogP contribution in [0.1, 0.15) is 20.8 Å². The average molecular weight is 270 g/mol. The molecule has 0 radical (unpaired) electrons. The smallest absolute Gasteiger partial charge is 0.144 e. The lowest BCUT2D eigenvalue weighted by molar-refractivity contribution is 0.0921. The Bertz CT molecular complexity index is 370. The van der Waals surface area contributed by atoms with Crippen LogP contribution < -0.4 is 10.1 Å². The van der Waals surface area contributed by atoms with Crippen molar-refractivity contribution in [2.75, 3.05) is 11.9 Å². The van der Waals surface area contributed by atoms with E-state index in [9.17, 15) is 0 Å². The third-order valence-corrected chi connectivity index (χ3v) is 3.15. The summed E-state index contributed by atoms with van der Waals surface area (Å²) in [4.78, 5) is 0. The summed E-state index contributed by atoms with van der Waals surface area (Å²) in [6.45, 7) is 7.46. The molecule has 1 N–H and O–H groups in total. The summed E-state index contributed by atoms with van der Waals surface area (Å²) >= 11 is 3.45. The number of fused-ring (bicyclic) bond motifs is 1. The van der Waals surface area contributed by atoms with Crippen molar-refractivity contribution in [2.24, 2.45) is 5.41 Å². The molecule has 2 nitrogen and oxygen atoms in total. The summed E-state index contributed by atoms with van der Waals surface area (Å²) in [7, 11) is 0. The fourth-order valence-electron chi connectivity index (χ4n) is 1.62. The fourth-order valence-corrected chi connectivity index (χ4v) is 1.96. The summed E-state index contributed by atoms with van der Waals surface area (Å²) < 4.78 is 7.04. The van der Waals surface area contributed by atoms with E-state index in [1.54, 1.807) is 0 Å². The van der Waals surface area contributed by atoms with Crippen molar-refractivity contribution in [1.29, 1.82) is 0 Å². The van der Waals surface area contributed by atoms with Crippen molar-refractivity contribution in [3.63, 3.8) is 0 Å². The normalized spacial score (nSPS) is 20.1. The van der Waals surface area contributed by atoms with Gasteiger partial charge in [0.2, 0.25) is 0 Å². The van der Waals surface area contributed by atoms with Crippen molar-refractivity contribution < 1.29 is 4.74 Å². The molecule has 1 aliphatic rings. The summed E-state index contributed by atoms with van der Waals surface area (Å²) in [6.07, 6.45) is 0.222. The van der Waals surface area contributed by atoms with Gasteiger partial charge < -0.3 is 10.1 Å². The first-order valence-corrected chi connectivity index (χ1v) is 5.96. The Morgan fingerprint density at radius 3 is 2.80 bits per heavy atom. The van der Waals surface area contributed by atoms with Crippen LogP contribution in [0.15, 0.2) is 22.7 Å². The number of ether oxygens (including phenoxy) is 1. The van der Waals surface area contributed by atoms with E-state index in [0.717, 1.165) is 22.5 Å². The highest BCUT2D eigenvalue weighted by atomic mass is 79.9. The molecule has 1 aliphatic heterocycles. The molecule has 0 aliphatic carbocycles. The second kappa shape index (κ2) is 3.71. The first-order chi connectivity index (χ1) is 6.97. The zero-order valence-electron chi connectivity index (χ0n) is 9.30. The molecule has 0 aromatic heterocycles. The van der Waals surface area contributed by atoms with Crippen LogP contribution in [-0.4, -0.2) is 12.6 Å². The quantitative estimate of drug-likeness (QED) is 0.776. The number of hydrogen-bond acceptors (Lipinski definition) is 2. The van der Waals surface area contributed by atoms with Crippen LogP contribution in [0.3, 0.4) is 0 Å². The van der Waals surface area contributed by atoms with Gasteiger partial charge in [-0.25, -0.2) is 0 Å². The topological polar surface area (TPSA) is 21.3 Å². The second-order valence-corrected chi connectivity index (χ2v) is 5.91. The van der Waals surface area contributed by atoms with Crippen LogP contribution in [0.4, 0.5) is 5.69 Å². The fraction of sp³-hybridized carbons (Fsp3) is 0.500. The Morgan fingerprint density at radius 2 is 2.13 bits per heavy atom. The lowest BCUT2D eigenvalue weighted by Crippen LogP contribution is -2.40. The Balaban J connectivity index is 2.26. The van der Waals surface area contributed by atoms with Gasteiger partial charge >= 0.3 is 0 Å². The predicted molar refractivity (Wildman–Crippen MR) is 66.5 cm³/mol. The molecule has 0 saturated heterocycles. The molecule has 3 heteroatoms. The van der Waals surface area contributed by atoms with Crippen molar-refractivity contribution in [2.45, 2.75) is 26.9 Å². The number of anilines is 1. The van der Waals surface area contributed by atoms with E-state index in [1.165, 1.54) is 0 Å². The van der Waals surface area contributed by atoms with E-state index in [0.29, 0.717) is 0 Å². The molecule has 0 amide bonds. The highest BCUT2D eigenvalue weighted by molar-refractivity contribution is 9.10. The van der Waals surface area contributed by atoms with E-state index < -0.39 is 0 Å². The summed E-state index contributed by atoms with van der Waals surface area (Å²) in [5.41, 5.74) is 1.24. The first kappa shape index (κ1) is 10.8. The van der Waals surface area contributed by atoms with E-state index in [4.69, 9.17) is 4.74 Å². The minimum atomic E-state index is 0.160. The van der Waals surface area contributed by atoms with Crippen LogP contribution >= 0.6 is 15.9 Å². The monoisotopic (exact) mass is 269 g/mol. The second-order valence-electron chi connectivity index (χ2n) is 4.99. The number of nitrogens with one attached hydrogen (secondary N) is 1. The Hall–Kier alpha value is -0.700. The molecule has 82 valence electrons. The minimum absolute atomic E-state index is 0.160. The lowest BCUT2D eigenvalue weighted by Gasteiger charge is -2.35. The third kappa shape index (κ3) is 2.28. The van der Waals surface area contributed by atoms with Gasteiger partial charge in [0.25, 0.3) is 0 Å². The van der Waals surface area contributed by atoms with Gasteiger partial charge in [-0.05, 0) is 18.2 Å². The van der Waals surface area contributed by atoms with Crippen molar-refractivity contribution in [1.82, 2.24) is 0 Å². The van der Waals surface area contributed by atoms with Crippen LogP contribution in [-0.2, 0) is 0 Å². The molecule has 1 atom stereocenters. The molecule has 0 saturated carbocycles. The number of halogens is 1. The minimum Gasteiger partial charge on any atom is -0.486 e. The summed E-state index contributed by atoms with van der Waals surface area (Å²) in [5.74, 6) is 0.940. The van der Waals surface area contributed by atoms with Crippen molar-refractivity contribution >= 4 is 21.6 Å². The van der Waals surface area contributed by atoms with Gasteiger partial charge in [-0.1, -0.05) is 36.7 Å². The molecule has 1 unspecified atom stereocenters. The van der Waals surface area contributed by atoms with Crippen LogP contribution in [0.5, 0.6) is 5.75 Å². The lowest BCUT2D eigenvalue weighted by atomic mass is 9.88. The van der Waals surface area contributed by atoms with Crippen molar-refractivity contribution in [3.8, 4) is 5.75 Å². The Labute approximate surface area is 99.1 Å². The van der Waals surface area contributed by atoms with Gasteiger partial charge in [0.05, 0.1) is 12.2 Å². The van der Waals surface area contributed by atoms with Gasteiger partial charge in [-0.15, -0.1) is 0 Å². The molecule has 15 heavy (non-hydrogen) atoms. The largest absolute Gasteiger partial charge is 0.486 e. The average Bonchev–Trinajstić information content (AvgIpc) is 2.15. The van der Waals surface area contributed by atoms with Gasteiger partial charge in [-0.2, -0.15) is 0 Å². The van der Waals surface area contributed by atoms with Crippen LogP contribution in [0, 0.1) is 5.41 Å². The Morgan fingerprint density at radius 1 is 1.40 bits per heavy atom. The maximum atomic E-state index is 5.98. The molecular weight excluding hydrogens is 254 g/mol.